The van der Waals surface area contributed by atoms with E-state index in [2.05, 4.69) is 20.8 Å². The van der Waals surface area contributed by atoms with E-state index in [9.17, 15) is 23.9 Å². The van der Waals surface area contributed by atoms with E-state index in [0.29, 0.717) is 28.1 Å². The van der Waals surface area contributed by atoms with Crippen molar-refractivity contribution >= 4 is 23.7 Å². The number of rotatable bonds is 10. The van der Waals surface area contributed by atoms with Gasteiger partial charge in [0.15, 0.2) is 5.76 Å². The van der Waals surface area contributed by atoms with Gasteiger partial charge in [-0.25, -0.2) is 14.0 Å². The highest BCUT2D eigenvalue weighted by Gasteiger charge is 2.25. The Bertz CT molecular complexity index is 1890. The molecule has 0 aliphatic heterocycles. The van der Waals surface area contributed by atoms with Gasteiger partial charge in [-0.2, -0.15) is 4.98 Å². The number of alkyl halides is 1. The van der Waals surface area contributed by atoms with E-state index in [1.807, 2.05) is 31.2 Å². The van der Waals surface area contributed by atoms with Crippen molar-refractivity contribution in [1.29, 1.82) is 0 Å². The molecule has 2 heterocycles. The van der Waals surface area contributed by atoms with E-state index in [1.165, 1.54) is 12.1 Å². The molecular formula is C35H33FN4O7. The summed E-state index contributed by atoms with van der Waals surface area (Å²) in [6.07, 6.45) is -0.757. The maximum Gasteiger partial charge on any atom is 0.412 e. The van der Waals surface area contributed by atoms with Gasteiger partial charge in [-0.05, 0) is 81.3 Å². The molecule has 2 amide bonds. The minimum atomic E-state index is -1.35. The van der Waals surface area contributed by atoms with Gasteiger partial charge in [-0.3, -0.25) is 10.1 Å². The second-order valence-corrected chi connectivity index (χ2v) is 11.8. The molecule has 5 rings (SSSR count). The molecule has 12 heteroatoms. The maximum absolute atomic E-state index is 14.2. The van der Waals surface area contributed by atoms with Crippen molar-refractivity contribution in [2.75, 3.05) is 5.32 Å². The number of ether oxygens (including phenoxy) is 1. The number of anilines is 1. The molecule has 1 atom stereocenters. The molecule has 5 aromatic rings. The second-order valence-electron chi connectivity index (χ2n) is 11.8. The third-order valence-electron chi connectivity index (χ3n) is 7.00. The molecule has 0 fully saturated rings. The first-order valence-corrected chi connectivity index (χ1v) is 14.7. The summed E-state index contributed by atoms with van der Waals surface area (Å²) in [5.41, 5.74) is 3.37. The number of halogens is 1. The van der Waals surface area contributed by atoms with Crippen molar-refractivity contribution in [2.45, 2.75) is 52.4 Å². The molecule has 0 saturated carbocycles. The number of nitrogens with zero attached hydrogens (tertiary/aromatic N) is 2. The number of carbonyl (C=O) groups excluding carboxylic acids is 2. The number of benzene rings is 3. The lowest BCUT2D eigenvalue weighted by Gasteiger charge is -2.19. The van der Waals surface area contributed by atoms with Crippen LogP contribution in [0.4, 0.5) is 14.9 Å². The van der Waals surface area contributed by atoms with Crippen molar-refractivity contribution in [3.8, 4) is 34.2 Å². The van der Waals surface area contributed by atoms with Gasteiger partial charge in [0.05, 0.1) is 0 Å². The fraction of sp³-hybridized carbons (Fsp3) is 0.229. The van der Waals surface area contributed by atoms with Crippen LogP contribution in [-0.4, -0.2) is 44.9 Å². The molecule has 242 valence electrons. The van der Waals surface area contributed by atoms with Crippen molar-refractivity contribution in [1.82, 2.24) is 15.5 Å². The van der Waals surface area contributed by atoms with Gasteiger partial charge in [0, 0.05) is 28.8 Å². The standard InChI is InChI=1S/C35H33FN4O7/c1-20-5-7-21(8-6-20)28-15-16-29(45-28)31(41)38-27(33(42)43)18-23-9-10-24(17-25(23)19-36)30-39-32(47-40-30)22-11-13-26(14-12-22)37-34(44)46-35(2,3)4/h5-17,27H,18-19H2,1-4H3,(H,37,44)(H,38,41)(H,42,43). The Labute approximate surface area is 269 Å². The van der Waals surface area contributed by atoms with Crippen LogP contribution in [0.1, 0.15) is 48.0 Å². The number of hydrogen-bond acceptors (Lipinski definition) is 8. The summed E-state index contributed by atoms with van der Waals surface area (Å²) in [7, 11) is 0. The van der Waals surface area contributed by atoms with Crippen LogP contribution in [0.15, 0.2) is 87.8 Å². The number of carboxylic acid groups (broad SMARTS) is 1. The summed E-state index contributed by atoms with van der Waals surface area (Å²) in [4.78, 5) is 41.4. The first-order chi connectivity index (χ1) is 22.4. The Morgan fingerprint density at radius 2 is 1.60 bits per heavy atom. The van der Waals surface area contributed by atoms with Gasteiger partial charge in [0.25, 0.3) is 11.8 Å². The first-order valence-electron chi connectivity index (χ1n) is 14.7. The van der Waals surface area contributed by atoms with Gasteiger partial charge in [-0.15, -0.1) is 0 Å². The van der Waals surface area contributed by atoms with Crippen LogP contribution in [0.25, 0.3) is 34.2 Å². The highest BCUT2D eigenvalue weighted by Crippen LogP contribution is 2.27. The third kappa shape index (κ3) is 8.28. The number of nitrogens with one attached hydrogen (secondary N) is 2. The van der Waals surface area contributed by atoms with Crippen LogP contribution < -0.4 is 10.6 Å². The van der Waals surface area contributed by atoms with E-state index < -0.39 is 36.3 Å². The minimum absolute atomic E-state index is 0.0465. The van der Waals surface area contributed by atoms with E-state index in [0.717, 1.165) is 11.1 Å². The number of aromatic nitrogens is 2. The average molecular weight is 641 g/mol. The topological polar surface area (TPSA) is 157 Å². The Balaban J connectivity index is 1.26. The van der Waals surface area contributed by atoms with E-state index in [4.69, 9.17) is 13.7 Å². The number of aliphatic carboxylic acids is 1. The summed E-state index contributed by atoms with van der Waals surface area (Å²) < 4.78 is 30.5. The largest absolute Gasteiger partial charge is 0.480 e. The highest BCUT2D eigenvalue weighted by atomic mass is 19.1. The Kier molecular flexibility index (Phi) is 9.50. The highest BCUT2D eigenvalue weighted by molar-refractivity contribution is 5.95. The number of carbonyl (C=O) groups is 3. The number of carboxylic acids is 1. The Morgan fingerprint density at radius 3 is 2.26 bits per heavy atom. The molecular weight excluding hydrogens is 607 g/mol. The summed E-state index contributed by atoms with van der Waals surface area (Å²) >= 11 is 0. The SMILES string of the molecule is Cc1ccc(-c2ccc(C(=O)NC(Cc3ccc(-c4noc(-c5ccc(NC(=O)OC(C)(C)C)cc5)n4)cc3CF)C(=O)O)o2)cc1. The lowest BCUT2D eigenvalue weighted by atomic mass is 9.98. The van der Waals surface area contributed by atoms with Crippen LogP contribution >= 0.6 is 0 Å². The van der Waals surface area contributed by atoms with Crippen LogP contribution in [0.5, 0.6) is 0 Å². The van der Waals surface area contributed by atoms with Crippen LogP contribution in [0.3, 0.4) is 0 Å². The molecule has 0 radical (unpaired) electrons. The Hall–Kier alpha value is -5.78. The first kappa shape index (κ1) is 32.6. The van der Waals surface area contributed by atoms with Gasteiger partial charge < -0.3 is 24.1 Å². The van der Waals surface area contributed by atoms with E-state index >= 15 is 0 Å². The zero-order valence-corrected chi connectivity index (χ0v) is 26.2. The molecule has 1 unspecified atom stereocenters. The molecule has 0 spiro atoms. The van der Waals surface area contributed by atoms with Gasteiger partial charge in [0.2, 0.25) is 5.82 Å². The molecule has 0 aliphatic rings. The van der Waals surface area contributed by atoms with Crippen molar-refractivity contribution in [3.63, 3.8) is 0 Å². The molecule has 11 nitrogen and oxygen atoms in total. The van der Waals surface area contributed by atoms with Crippen LogP contribution in [0, 0.1) is 6.92 Å². The fourth-order valence-corrected chi connectivity index (χ4v) is 4.65. The predicted molar refractivity (Wildman–Crippen MR) is 171 cm³/mol. The quantitative estimate of drug-likeness (QED) is 0.143. The molecule has 2 aromatic heterocycles. The summed E-state index contributed by atoms with van der Waals surface area (Å²) in [6.45, 7) is 6.37. The van der Waals surface area contributed by atoms with Crippen LogP contribution in [-0.2, 0) is 22.6 Å². The molecule has 3 aromatic carbocycles. The van der Waals surface area contributed by atoms with E-state index in [1.54, 1.807) is 63.2 Å². The molecule has 3 N–H and O–H groups in total. The monoisotopic (exact) mass is 640 g/mol. The minimum Gasteiger partial charge on any atom is -0.480 e. The molecule has 47 heavy (non-hydrogen) atoms. The molecule has 0 bridgehead atoms. The average Bonchev–Trinajstić information content (AvgIpc) is 3.72. The van der Waals surface area contributed by atoms with Gasteiger partial charge in [-0.1, -0.05) is 47.1 Å². The maximum atomic E-state index is 14.2. The van der Waals surface area contributed by atoms with E-state index in [-0.39, 0.29) is 29.5 Å². The summed E-state index contributed by atoms with van der Waals surface area (Å²) in [5.74, 6) is -1.17. The smallest absolute Gasteiger partial charge is 0.412 e. The summed E-state index contributed by atoms with van der Waals surface area (Å²) in [6, 6.07) is 20.7. The molecule has 0 saturated heterocycles. The van der Waals surface area contributed by atoms with Gasteiger partial charge >= 0.3 is 12.1 Å². The van der Waals surface area contributed by atoms with Crippen molar-refractivity contribution in [3.05, 3.63) is 101 Å². The fourth-order valence-electron chi connectivity index (χ4n) is 4.65. The number of hydrogen-bond donors (Lipinski definition) is 3. The normalized spacial score (nSPS) is 11.9. The van der Waals surface area contributed by atoms with Crippen LogP contribution in [0.2, 0.25) is 0 Å². The van der Waals surface area contributed by atoms with Gasteiger partial charge in [0.1, 0.15) is 24.1 Å². The predicted octanol–water partition coefficient (Wildman–Crippen LogP) is 7.21. The number of amides is 2. The third-order valence-corrected chi connectivity index (χ3v) is 7.00. The molecule has 0 aliphatic carbocycles. The second kappa shape index (κ2) is 13.7. The lowest BCUT2D eigenvalue weighted by Crippen LogP contribution is -2.42. The number of aryl methyl sites for hydroxylation is 1. The lowest BCUT2D eigenvalue weighted by molar-refractivity contribution is -0.139. The van der Waals surface area contributed by atoms with Crippen molar-refractivity contribution < 1.29 is 37.6 Å². The van der Waals surface area contributed by atoms with Crippen molar-refractivity contribution in [2.24, 2.45) is 0 Å². The zero-order chi connectivity index (χ0) is 33.7. The summed E-state index contributed by atoms with van der Waals surface area (Å²) in [5, 5.41) is 19.0. The zero-order valence-electron chi connectivity index (χ0n) is 26.2. The Morgan fingerprint density at radius 1 is 0.915 bits per heavy atom. The number of furan rings is 1.